The number of allylic oxidation sites excluding steroid dienone is 10. The van der Waals surface area contributed by atoms with Gasteiger partial charge in [-0.3, -0.25) is 13.8 Å². The molecule has 0 bridgehead atoms. The first-order valence-electron chi connectivity index (χ1n) is 21.9. The van der Waals surface area contributed by atoms with E-state index >= 15 is 0 Å². The first-order valence-corrected chi connectivity index (χ1v) is 23.4. The highest BCUT2D eigenvalue weighted by molar-refractivity contribution is 7.47. The fourth-order valence-corrected chi connectivity index (χ4v) is 6.53. The van der Waals surface area contributed by atoms with Gasteiger partial charge in [-0.1, -0.05) is 177 Å². The molecule has 0 aliphatic rings. The van der Waals surface area contributed by atoms with Crippen molar-refractivity contribution < 1.29 is 38.0 Å². The van der Waals surface area contributed by atoms with Crippen LogP contribution < -0.4 is 5.32 Å². The monoisotopic (exact) mass is 808 g/mol. The van der Waals surface area contributed by atoms with Crippen LogP contribution in [0.2, 0.25) is 0 Å². The zero-order chi connectivity index (χ0) is 41.6. The first kappa shape index (κ1) is 53.9. The molecular formula is C46H84N2O7P+. The van der Waals surface area contributed by atoms with Crippen molar-refractivity contribution in [1.29, 1.82) is 0 Å². The Kier molecular flexibility index (Phi) is 35.8. The predicted octanol–water partition coefficient (Wildman–Crippen LogP) is 11.0. The number of carbonyl (C=O) groups is 1. The summed E-state index contributed by atoms with van der Waals surface area (Å²) in [5.41, 5.74) is 0. The lowest BCUT2D eigenvalue weighted by Gasteiger charge is -2.26. The number of carbonyl (C=O) groups excluding carboxylic acids is 1. The number of amides is 1. The maximum Gasteiger partial charge on any atom is 0.472 e. The topological polar surface area (TPSA) is 125 Å². The molecule has 0 saturated carbocycles. The molecule has 0 aliphatic carbocycles. The number of hydrogen-bond donors (Lipinski definition) is 4. The SMILES string of the molecule is CC/C=C\CC(O)/C=C/C=C/C/C=C\C/C=C\C/C=C\CCC(=O)N[C@@H](COP(=O)(O)OCC[N+](C)(C)C)[C@H](O)CCCCCCCCCCCCCCCC. The molecule has 4 atom stereocenters. The second-order valence-corrected chi connectivity index (χ2v) is 17.3. The van der Waals surface area contributed by atoms with E-state index in [2.05, 4.69) is 55.6 Å². The van der Waals surface area contributed by atoms with Crippen molar-refractivity contribution in [3.63, 3.8) is 0 Å². The molecule has 0 heterocycles. The molecule has 0 aromatic rings. The summed E-state index contributed by atoms with van der Waals surface area (Å²) >= 11 is 0. The summed E-state index contributed by atoms with van der Waals surface area (Å²) < 4.78 is 23.5. The molecule has 0 rings (SSSR count). The van der Waals surface area contributed by atoms with E-state index in [-0.39, 0.29) is 25.5 Å². The van der Waals surface area contributed by atoms with Gasteiger partial charge in [0.05, 0.1) is 46.0 Å². The predicted molar refractivity (Wildman–Crippen MR) is 236 cm³/mol. The number of nitrogens with one attached hydrogen (secondary N) is 1. The fraction of sp³-hybridized carbons (Fsp3) is 0.717. The van der Waals surface area contributed by atoms with Crippen LogP contribution in [0.4, 0.5) is 0 Å². The molecule has 9 nitrogen and oxygen atoms in total. The molecule has 0 aliphatic heterocycles. The Morgan fingerprint density at radius 3 is 1.79 bits per heavy atom. The summed E-state index contributed by atoms with van der Waals surface area (Å²) in [6.07, 6.45) is 45.6. The molecule has 0 saturated heterocycles. The van der Waals surface area contributed by atoms with Gasteiger partial charge in [-0.25, -0.2) is 4.57 Å². The number of phosphoric acid groups is 1. The van der Waals surface area contributed by atoms with Crippen LogP contribution in [-0.2, 0) is 18.4 Å². The average molecular weight is 808 g/mol. The largest absolute Gasteiger partial charge is 0.472 e. The molecule has 0 radical (unpaired) electrons. The van der Waals surface area contributed by atoms with E-state index in [0.29, 0.717) is 30.3 Å². The van der Waals surface area contributed by atoms with Crippen molar-refractivity contribution >= 4 is 13.7 Å². The number of hydrogen-bond acceptors (Lipinski definition) is 6. The van der Waals surface area contributed by atoms with Gasteiger partial charge < -0.3 is 24.9 Å². The van der Waals surface area contributed by atoms with E-state index < -0.39 is 26.1 Å². The van der Waals surface area contributed by atoms with Gasteiger partial charge in [-0.05, 0) is 44.9 Å². The maximum absolute atomic E-state index is 12.8. The van der Waals surface area contributed by atoms with E-state index in [1.807, 2.05) is 51.5 Å². The van der Waals surface area contributed by atoms with Gasteiger partial charge in [0, 0.05) is 6.42 Å². The third kappa shape index (κ3) is 38.8. The Balaban J connectivity index is 4.57. The summed E-state index contributed by atoms with van der Waals surface area (Å²) in [4.78, 5) is 23.1. The Bertz CT molecular complexity index is 1160. The standard InChI is InChI=1S/C46H83N2O7P/c1-6-8-10-11-12-13-14-15-18-21-24-27-30-34-38-45(50)44(42-55-56(52,53)54-41-40-48(3,4)5)47-46(51)39-35-31-28-25-22-19-16-17-20-23-26-29-33-37-43(49)36-32-9-7-2/h9,17,19-20,22,26,28-29,31-33,37,43-45,49-50H,6-8,10-16,18,21,23-25,27,30,34-36,38-42H2,1-5H3,(H-,47,51,52,53)/p+1/b20-17-,22-19-,29-26+,31-28-,32-9-,37-33+/t43?,44-,45+/m0/s1. The quantitative estimate of drug-likeness (QED) is 0.0161. The Morgan fingerprint density at radius 1 is 0.696 bits per heavy atom. The molecule has 1 amide bonds. The van der Waals surface area contributed by atoms with Crippen LogP contribution in [0.15, 0.2) is 72.9 Å². The summed E-state index contributed by atoms with van der Waals surface area (Å²) in [7, 11) is 1.53. The number of phosphoric ester groups is 1. The van der Waals surface area contributed by atoms with Gasteiger partial charge in [0.1, 0.15) is 13.2 Å². The van der Waals surface area contributed by atoms with Crippen LogP contribution >= 0.6 is 7.82 Å². The molecule has 4 N–H and O–H groups in total. The van der Waals surface area contributed by atoms with Gasteiger partial charge in [-0.15, -0.1) is 0 Å². The minimum absolute atomic E-state index is 0.0503. The van der Waals surface area contributed by atoms with Gasteiger partial charge in [0.15, 0.2) is 0 Å². The molecule has 56 heavy (non-hydrogen) atoms. The van der Waals surface area contributed by atoms with Crippen LogP contribution in [0, 0.1) is 0 Å². The average Bonchev–Trinajstić information content (AvgIpc) is 3.14. The Labute approximate surface area is 343 Å². The second-order valence-electron chi connectivity index (χ2n) is 15.9. The number of nitrogens with zero attached hydrogens (tertiary/aromatic N) is 1. The lowest BCUT2D eigenvalue weighted by molar-refractivity contribution is -0.870. The van der Waals surface area contributed by atoms with Crippen LogP contribution in [0.1, 0.15) is 155 Å². The van der Waals surface area contributed by atoms with Crippen molar-refractivity contribution in [3.8, 4) is 0 Å². The van der Waals surface area contributed by atoms with Crippen molar-refractivity contribution in [3.05, 3.63) is 72.9 Å². The zero-order valence-electron chi connectivity index (χ0n) is 36.2. The van der Waals surface area contributed by atoms with Crippen LogP contribution in [0.3, 0.4) is 0 Å². The molecule has 0 aromatic carbocycles. The minimum Gasteiger partial charge on any atom is -0.391 e. The lowest BCUT2D eigenvalue weighted by Crippen LogP contribution is -2.46. The van der Waals surface area contributed by atoms with Gasteiger partial charge in [-0.2, -0.15) is 0 Å². The zero-order valence-corrected chi connectivity index (χ0v) is 37.1. The van der Waals surface area contributed by atoms with Crippen LogP contribution in [0.25, 0.3) is 0 Å². The van der Waals surface area contributed by atoms with E-state index in [0.717, 1.165) is 44.9 Å². The molecule has 2 unspecified atom stereocenters. The van der Waals surface area contributed by atoms with E-state index in [1.54, 1.807) is 6.08 Å². The normalized spacial score (nSPS) is 15.6. The third-order valence-electron chi connectivity index (χ3n) is 9.31. The molecule has 324 valence electrons. The van der Waals surface area contributed by atoms with E-state index in [4.69, 9.17) is 9.05 Å². The summed E-state index contributed by atoms with van der Waals surface area (Å²) in [6.45, 7) is 4.59. The van der Waals surface area contributed by atoms with Crippen molar-refractivity contribution in [2.45, 2.75) is 173 Å². The Morgan fingerprint density at radius 2 is 1.23 bits per heavy atom. The molecule has 0 spiro atoms. The van der Waals surface area contributed by atoms with E-state index in [1.165, 1.54) is 70.6 Å². The number of aliphatic hydroxyl groups is 2. The summed E-state index contributed by atoms with van der Waals surface area (Å²) in [5, 5.41) is 23.7. The third-order valence-corrected chi connectivity index (χ3v) is 10.3. The van der Waals surface area contributed by atoms with Crippen molar-refractivity contribution in [2.24, 2.45) is 0 Å². The minimum atomic E-state index is -4.35. The first-order chi connectivity index (χ1) is 26.9. The highest BCUT2D eigenvalue weighted by Gasteiger charge is 2.28. The number of unbranched alkanes of at least 4 members (excludes halogenated alkanes) is 13. The van der Waals surface area contributed by atoms with Gasteiger partial charge in [0.2, 0.25) is 5.91 Å². The lowest BCUT2D eigenvalue weighted by atomic mass is 10.0. The number of rotatable bonds is 38. The molecular weight excluding hydrogens is 723 g/mol. The van der Waals surface area contributed by atoms with Crippen LogP contribution in [0.5, 0.6) is 0 Å². The summed E-state index contributed by atoms with van der Waals surface area (Å²) in [6, 6.07) is -0.815. The molecule has 0 fully saturated rings. The maximum atomic E-state index is 12.8. The second kappa shape index (κ2) is 37.2. The van der Waals surface area contributed by atoms with Crippen molar-refractivity contribution in [2.75, 3.05) is 40.9 Å². The molecule has 0 aromatic heterocycles. The highest BCUT2D eigenvalue weighted by atomic mass is 31.2. The summed E-state index contributed by atoms with van der Waals surface area (Å²) in [5.74, 6) is -0.243. The van der Waals surface area contributed by atoms with Gasteiger partial charge >= 0.3 is 7.82 Å². The Hall–Kier alpha value is -2.10. The number of quaternary nitrogens is 1. The van der Waals surface area contributed by atoms with Crippen LogP contribution in [-0.4, -0.2) is 84.6 Å². The van der Waals surface area contributed by atoms with E-state index in [9.17, 15) is 24.5 Å². The molecule has 10 heteroatoms. The van der Waals surface area contributed by atoms with Crippen molar-refractivity contribution in [1.82, 2.24) is 5.32 Å². The number of likely N-dealkylation sites (N-methyl/N-ethyl adjacent to an activating group) is 1. The highest BCUT2D eigenvalue weighted by Crippen LogP contribution is 2.43. The number of aliphatic hydroxyl groups excluding tert-OH is 2. The smallest absolute Gasteiger partial charge is 0.391 e. The van der Waals surface area contributed by atoms with Gasteiger partial charge in [0.25, 0.3) is 0 Å². The fourth-order valence-electron chi connectivity index (χ4n) is 5.80.